The lowest BCUT2D eigenvalue weighted by atomic mass is 9.98. The summed E-state index contributed by atoms with van der Waals surface area (Å²) in [7, 11) is 0. The van der Waals surface area contributed by atoms with Crippen LogP contribution in [0.3, 0.4) is 0 Å². The van der Waals surface area contributed by atoms with Gasteiger partial charge in [-0.1, -0.05) is 12.1 Å². The summed E-state index contributed by atoms with van der Waals surface area (Å²) in [4.78, 5) is 57.5. The number of nitro groups is 1. The van der Waals surface area contributed by atoms with E-state index < -0.39 is 66.1 Å². The Labute approximate surface area is 200 Å². The zero-order chi connectivity index (χ0) is 26.3. The molecular formula is C22H27NO12. The summed E-state index contributed by atoms with van der Waals surface area (Å²) >= 11 is 0. The summed E-state index contributed by atoms with van der Waals surface area (Å²) < 4.78 is 32.5. The summed E-state index contributed by atoms with van der Waals surface area (Å²) in [6.45, 7) is 5.46. The van der Waals surface area contributed by atoms with Crippen molar-refractivity contribution in [1.82, 2.24) is 0 Å². The van der Waals surface area contributed by atoms with Gasteiger partial charge in [0.05, 0.1) is 11.5 Å². The SMILES string of the molecule is CC(=O)OC[C@H]1O[C@@H](OCc2ccc(C)c([N+](=O)[O-])c2)[C@H](OC(C)=O)[C@@H](OC(C)=O)[C@@H]1OC(C)=O. The lowest BCUT2D eigenvalue weighted by molar-refractivity contribution is -0.385. The average molecular weight is 497 g/mol. The summed E-state index contributed by atoms with van der Waals surface area (Å²) in [6.07, 6.45) is -6.59. The first-order valence-corrected chi connectivity index (χ1v) is 10.5. The Morgan fingerprint density at radius 1 is 0.914 bits per heavy atom. The topological polar surface area (TPSA) is 167 Å². The number of hydrogen-bond donors (Lipinski definition) is 0. The Balaban J connectivity index is 2.39. The first-order chi connectivity index (χ1) is 16.4. The fourth-order valence-corrected chi connectivity index (χ4v) is 3.44. The Morgan fingerprint density at radius 3 is 2.03 bits per heavy atom. The maximum Gasteiger partial charge on any atom is 0.303 e. The normalized spacial score (nSPS) is 23.6. The van der Waals surface area contributed by atoms with E-state index in [0.717, 1.165) is 27.7 Å². The largest absolute Gasteiger partial charge is 0.463 e. The predicted octanol–water partition coefficient (Wildman–Crippen LogP) is 1.50. The van der Waals surface area contributed by atoms with Crippen LogP contribution in [0.2, 0.25) is 0 Å². The molecule has 1 fully saturated rings. The molecule has 192 valence electrons. The molecule has 13 heteroatoms. The van der Waals surface area contributed by atoms with Crippen molar-refractivity contribution in [1.29, 1.82) is 0 Å². The van der Waals surface area contributed by atoms with E-state index in [1.807, 2.05) is 0 Å². The number of benzene rings is 1. The van der Waals surface area contributed by atoms with Crippen LogP contribution in [-0.4, -0.2) is 66.1 Å². The Hall–Kier alpha value is -3.58. The lowest BCUT2D eigenvalue weighted by Crippen LogP contribution is -2.62. The van der Waals surface area contributed by atoms with Gasteiger partial charge in [-0.05, 0) is 12.5 Å². The number of esters is 4. The first-order valence-electron chi connectivity index (χ1n) is 10.5. The highest BCUT2D eigenvalue weighted by molar-refractivity contribution is 5.68. The van der Waals surface area contributed by atoms with Crippen molar-refractivity contribution >= 4 is 29.6 Å². The maximum absolute atomic E-state index is 11.8. The summed E-state index contributed by atoms with van der Waals surface area (Å²) in [5, 5.41) is 11.2. The molecule has 0 spiro atoms. The highest BCUT2D eigenvalue weighted by atomic mass is 16.7. The molecule has 0 aromatic heterocycles. The minimum atomic E-state index is -1.38. The molecule has 1 saturated heterocycles. The third kappa shape index (κ3) is 8.00. The van der Waals surface area contributed by atoms with Crippen LogP contribution >= 0.6 is 0 Å². The zero-order valence-corrected chi connectivity index (χ0v) is 19.9. The van der Waals surface area contributed by atoms with Gasteiger partial charge in [0.15, 0.2) is 24.6 Å². The third-order valence-electron chi connectivity index (χ3n) is 4.83. The Bertz CT molecular complexity index is 977. The molecule has 5 atom stereocenters. The molecular weight excluding hydrogens is 470 g/mol. The van der Waals surface area contributed by atoms with Crippen LogP contribution in [0.1, 0.15) is 38.8 Å². The van der Waals surface area contributed by atoms with Crippen molar-refractivity contribution < 1.29 is 52.5 Å². The lowest BCUT2D eigenvalue weighted by Gasteiger charge is -2.44. The standard InChI is InChI=1S/C22H27NO12/c1-11-6-7-16(8-17(11)23(28)29)9-31-22-21(34-15(5)27)20(33-14(4)26)19(32-13(3)25)18(35-22)10-30-12(2)24/h6-8,18-22H,9-10H2,1-5H3/t18-,19-,20+,21-,22-/m1/s1. The van der Waals surface area contributed by atoms with E-state index >= 15 is 0 Å². The Morgan fingerprint density at radius 2 is 1.49 bits per heavy atom. The van der Waals surface area contributed by atoms with Crippen LogP contribution in [0.5, 0.6) is 0 Å². The van der Waals surface area contributed by atoms with Gasteiger partial charge in [0, 0.05) is 39.3 Å². The molecule has 35 heavy (non-hydrogen) atoms. The highest BCUT2D eigenvalue weighted by Gasteiger charge is 2.52. The number of carbonyl (C=O) groups is 4. The number of hydrogen-bond acceptors (Lipinski definition) is 12. The molecule has 13 nitrogen and oxygen atoms in total. The van der Waals surface area contributed by atoms with E-state index in [-0.39, 0.29) is 12.3 Å². The minimum absolute atomic E-state index is 0.118. The fraction of sp³-hybridized carbons (Fsp3) is 0.545. The molecule has 0 saturated carbocycles. The molecule has 1 heterocycles. The van der Waals surface area contributed by atoms with Crippen LogP contribution in [0, 0.1) is 17.0 Å². The van der Waals surface area contributed by atoms with E-state index in [1.54, 1.807) is 19.1 Å². The summed E-state index contributed by atoms with van der Waals surface area (Å²) in [5.74, 6) is -2.94. The summed E-state index contributed by atoms with van der Waals surface area (Å²) in [6, 6.07) is 4.47. The molecule has 0 N–H and O–H groups in total. The summed E-state index contributed by atoms with van der Waals surface area (Å²) in [5.41, 5.74) is 0.744. The van der Waals surface area contributed by atoms with Crippen molar-refractivity contribution in [3.8, 4) is 0 Å². The first kappa shape index (κ1) is 27.7. The fourth-order valence-electron chi connectivity index (χ4n) is 3.44. The number of rotatable bonds is 9. The zero-order valence-electron chi connectivity index (χ0n) is 19.9. The van der Waals surface area contributed by atoms with E-state index in [4.69, 9.17) is 28.4 Å². The number of nitro benzene ring substituents is 1. The van der Waals surface area contributed by atoms with Gasteiger partial charge < -0.3 is 28.4 Å². The highest BCUT2D eigenvalue weighted by Crippen LogP contribution is 2.31. The molecule has 0 amide bonds. The molecule has 0 radical (unpaired) electrons. The van der Waals surface area contributed by atoms with Crippen LogP contribution < -0.4 is 0 Å². The van der Waals surface area contributed by atoms with Crippen LogP contribution in [0.25, 0.3) is 0 Å². The van der Waals surface area contributed by atoms with Crippen LogP contribution in [0.4, 0.5) is 5.69 Å². The molecule has 2 rings (SSSR count). The smallest absolute Gasteiger partial charge is 0.303 e. The third-order valence-corrected chi connectivity index (χ3v) is 4.83. The number of carbonyl (C=O) groups excluding carboxylic acids is 4. The second kappa shape index (κ2) is 12.2. The second-order valence-electron chi connectivity index (χ2n) is 7.76. The van der Waals surface area contributed by atoms with Crippen LogP contribution in [0.15, 0.2) is 18.2 Å². The molecule has 1 aromatic rings. The number of aryl methyl sites for hydroxylation is 1. The van der Waals surface area contributed by atoms with Gasteiger partial charge >= 0.3 is 23.9 Å². The van der Waals surface area contributed by atoms with Crippen molar-refractivity contribution in [3.05, 3.63) is 39.4 Å². The molecule has 1 aromatic carbocycles. The minimum Gasteiger partial charge on any atom is -0.463 e. The monoisotopic (exact) mass is 497 g/mol. The van der Waals surface area contributed by atoms with Gasteiger partial charge in [0.1, 0.15) is 12.7 Å². The second-order valence-corrected chi connectivity index (χ2v) is 7.76. The quantitative estimate of drug-likeness (QED) is 0.209. The molecule has 0 aliphatic carbocycles. The predicted molar refractivity (Wildman–Crippen MR) is 115 cm³/mol. The molecule has 1 aliphatic rings. The van der Waals surface area contributed by atoms with Gasteiger partial charge in [0.25, 0.3) is 5.69 Å². The van der Waals surface area contributed by atoms with Crippen LogP contribution in [-0.2, 0) is 54.2 Å². The van der Waals surface area contributed by atoms with Gasteiger partial charge in [-0.15, -0.1) is 0 Å². The number of nitrogens with zero attached hydrogens (tertiary/aromatic N) is 1. The Kier molecular flexibility index (Phi) is 9.66. The maximum atomic E-state index is 11.8. The number of ether oxygens (including phenoxy) is 6. The van der Waals surface area contributed by atoms with Gasteiger partial charge in [0.2, 0.25) is 0 Å². The van der Waals surface area contributed by atoms with Crippen molar-refractivity contribution in [2.45, 2.75) is 71.9 Å². The molecule has 1 aliphatic heterocycles. The molecule has 0 unspecified atom stereocenters. The van der Waals surface area contributed by atoms with Gasteiger partial charge in [-0.25, -0.2) is 0 Å². The van der Waals surface area contributed by atoms with E-state index in [1.165, 1.54) is 6.07 Å². The van der Waals surface area contributed by atoms with E-state index in [2.05, 4.69) is 0 Å². The van der Waals surface area contributed by atoms with Crippen molar-refractivity contribution in [2.75, 3.05) is 6.61 Å². The van der Waals surface area contributed by atoms with Crippen molar-refractivity contribution in [3.63, 3.8) is 0 Å². The van der Waals surface area contributed by atoms with Gasteiger partial charge in [-0.2, -0.15) is 0 Å². The molecule has 0 bridgehead atoms. The van der Waals surface area contributed by atoms with Gasteiger partial charge in [-0.3, -0.25) is 29.3 Å². The van der Waals surface area contributed by atoms with Crippen molar-refractivity contribution in [2.24, 2.45) is 0 Å². The average Bonchev–Trinajstić information content (AvgIpc) is 2.74. The van der Waals surface area contributed by atoms with E-state index in [9.17, 15) is 29.3 Å². The van der Waals surface area contributed by atoms with E-state index in [0.29, 0.717) is 11.1 Å².